The van der Waals surface area contributed by atoms with E-state index < -0.39 is 0 Å². The van der Waals surface area contributed by atoms with Gasteiger partial charge < -0.3 is 10.1 Å². The molecule has 2 aliphatic rings. The lowest BCUT2D eigenvalue weighted by Crippen LogP contribution is -2.48. The number of rotatable bonds is 3. The second kappa shape index (κ2) is 6.43. The maximum atomic E-state index is 12.1. The van der Waals surface area contributed by atoms with Crippen LogP contribution in [0.15, 0.2) is 24.3 Å². The molecule has 6 nitrogen and oxygen atoms in total. The Morgan fingerprint density at radius 3 is 3.05 bits per heavy atom. The van der Waals surface area contributed by atoms with Crippen LogP contribution < -0.4 is 26.4 Å². The van der Waals surface area contributed by atoms with Gasteiger partial charge in [0.2, 0.25) is 5.91 Å². The predicted molar refractivity (Wildman–Crippen MR) is 79.4 cm³/mol. The highest BCUT2D eigenvalue weighted by Gasteiger charge is 2.29. The molecule has 3 unspecified atom stereocenters. The molecule has 0 radical (unpaired) electrons. The average molecular weight is 290 g/mol. The monoisotopic (exact) mass is 290 g/mol. The zero-order valence-corrected chi connectivity index (χ0v) is 12.2. The lowest BCUT2D eigenvalue weighted by atomic mass is 9.96. The van der Waals surface area contributed by atoms with Crippen molar-refractivity contribution in [2.75, 3.05) is 13.2 Å². The molecular weight excluding hydrogens is 268 g/mol. The van der Waals surface area contributed by atoms with Crippen LogP contribution in [0.5, 0.6) is 5.75 Å². The Morgan fingerprint density at radius 2 is 2.24 bits per heavy atom. The molecule has 2 aliphatic heterocycles. The topological polar surface area (TPSA) is 74.4 Å². The second-order valence-corrected chi connectivity index (χ2v) is 5.74. The van der Waals surface area contributed by atoms with Crippen molar-refractivity contribution in [3.05, 3.63) is 29.8 Å². The fourth-order valence-electron chi connectivity index (χ4n) is 2.83. The molecule has 114 valence electrons. The lowest BCUT2D eigenvalue weighted by molar-refractivity contribution is -0.123. The second-order valence-electron chi connectivity index (χ2n) is 5.74. The van der Waals surface area contributed by atoms with Gasteiger partial charge in [-0.2, -0.15) is 5.53 Å². The highest BCUT2D eigenvalue weighted by Crippen LogP contribution is 2.26. The number of hydrogen-bond donors (Lipinski definition) is 4. The largest absolute Gasteiger partial charge is 0.493 e. The molecule has 1 aromatic rings. The number of para-hydroxylation sites is 1. The number of carbonyl (C=O) groups is 1. The van der Waals surface area contributed by atoms with Gasteiger partial charge in [-0.3, -0.25) is 4.79 Å². The first-order valence-corrected chi connectivity index (χ1v) is 7.48. The van der Waals surface area contributed by atoms with E-state index in [1.807, 2.05) is 25.1 Å². The molecule has 0 aliphatic carbocycles. The Balaban J connectivity index is 1.55. The van der Waals surface area contributed by atoms with E-state index in [9.17, 15) is 4.79 Å². The summed E-state index contributed by atoms with van der Waals surface area (Å²) in [5.74, 6) is 1.42. The molecule has 4 N–H and O–H groups in total. The van der Waals surface area contributed by atoms with E-state index in [0.717, 1.165) is 18.6 Å². The molecule has 3 atom stereocenters. The summed E-state index contributed by atoms with van der Waals surface area (Å²) in [5, 5.41) is 3.05. The fraction of sp³-hybridized carbons (Fsp3) is 0.533. The zero-order chi connectivity index (χ0) is 14.7. The standard InChI is InChI=1S/C15H22N4O2/c1-10-14(18-19-17-10)15(20)16-9-11-6-7-21-13-5-3-2-4-12(13)8-11/h2-5,10-11,14,17-19H,6-9H2,1H3,(H,16,20). The molecule has 3 rings (SSSR count). The molecule has 1 aromatic carbocycles. The van der Waals surface area contributed by atoms with E-state index in [1.165, 1.54) is 5.56 Å². The van der Waals surface area contributed by atoms with Gasteiger partial charge in [0.05, 0.1) is 6.61 Å². The van der Waals surface area contributed by atoms with Crippen LogP contribution in [-0.2, 0) is 11.2 Å². The van der Waals surface area contributed by atoms with Crippen LogP contribution in [0.2, 0.25) is 0 Å². The van der Waals surface area contributed by atoms with Crippen LogP contribution in [-0.4, -0.2) is 31.1 Å². The molecule has 1 amide bonds. The number of benzene rings is 1. The van der Waals surface area contributed by atoms with Gasteiger partial charge in [-0.15, -0.1) is 0 Å². The van der Waals surface area contributed by atoms with Crippen LogP contribution in [0.25, 0.3) is 0 Å². The van der Waals surface area contributed by atoms with Crippen molar-refractivity contribution in [3.63, 3.8) is 0 Å². The third-order valence-corrected chi connectivity index (χ3v) is 4.14. The van der Waals surface area contributed by atoms with Crippen molar-refractivity contribution in [2.45, 2.75) is 31.8 Å². The Morgan fingerprint density at radius 1 is 1.38 bits per heavy atom. The fourth-order valence-corrected chi connectivity index (χ4v) is 2.83. The minimum atomic E-state index is -0.237. The van der Waals surface area contributed by atoms with Crippen LogP contribution in [0, 0.1) is 5.92 Å². The summed E-state index contributed by atoms with van der Waals surface area (Å²) >= 11 is 0. The molecule has 0 bridgehead atoms. The van der Waals surface area contributed by atoms with Crippen molar-refractivity contribution in [2.24, 2.45) is 5.92 Å². The van der Waals surface area contributed by atoms with Gasteiger partial charge in [-0.25, -0.2) is 10.9 Å². The summed E-state index contributed by atoms with van der Waals surface area (Å²) in [6.45, 7) is 3.35. The molecule has 2 heterocycles. The van der Waals surface area contributed by atoms with Crippen LogP contribution in [0.1, 0.15) is 18.9 Å². The number of hydrogen-bond acceptors (Lipinski definition) is 5. The van der Waals surface area contributed by atoms with Crippen molar-refractivity contribution in [1.29, 1.82) is 0 Å². The van der Waals surface area contributed by atoms with Crippen molar-refractivity contribution < 1.29 is 9.53 Å². The van der Waals surface area contributed by atoms with Crippen LogP contribution >= 0.6 is 0 Å². The minimum absolute atomic E-state index is 0.0263. The third kappa shape index (κ3) is 3.34. The first kappa shape index (κ1) is 14.3. The Bertz CT molecular complexity index is 508. The van der Waals surface area contributed by atoms with Gasteiger partial charge in [-0.05, 0) is 37.3 Å². The maximum Gasteiger partial charge on any atom is 0.240 e. The van der Waals surface area contributed by atoms with E-state index in [4.69, 9.17) is 4.74 Å². The van der Waals surface area contributed by atoms with Gasteiger partial charge >= 0.3 is 0 Å². The number of amides is 1. The van der Waals surface area contributed by atoms with E-state index in [-0.39, 0.29) is 18.0 Å². The molecule has 21 heavy (non-hydrogen) atoms. The molecular formula is C15H22N4O2. The molecule has 1 fully saturated rings. The normalized spacial score (nSPS) is 28.3. The summed E-state index contributed by atoms with van der Waals surface area (Å²) in [6.07, 6.45) is 1.90. The quantitative estimate of drug-likeness (QED) is 0.636. The number of ether oxygens (including phenoxy) is 1. The van der Waals surface area contributed by atoms with Crippen molar-refractivity contribution in [1.82, 2.24) is 21.7 Å². The van der Waals surface area contributed by atoms with Gasteiger partial charge in [0.25, 0.3) is 0 Å². The molecule has 6 heteroatoms. The molecule has 0 aromatic heterocycles. The Hall–Kier alpha value is -1.63. The van der Waals surface area contributed by atoms with Crippen LogP contribution in [0.4, 0.5) is 0 Å². The van der Waals surface area contributed by atoms with E-state index in [1.54, 1.807) is 0 Å². The third-order valence-electron chi connectivity index (χ3n) is 4.14. The summed E-state index contributed by atoms with van der Waals surface area (Å²) in [7, 11) is 0. The number of fused-ring (bicyclic) bond motifs is 1. The van der Waals surface area contributed by atoms with Gasteiger partial charge in [0, 0.05) is 12.6 Å². The molecule has 0 spiro atoms. The van der Waals surface area contributed by atoms with E-state index in [2.05, 4.69) is 27.8 Å². The number of nitrogens with one attached hydrogen (secondary N) is 4. The van der Waals surface area contributed by atoms with E-state index >= 15 is 0 Å². The first-order valence-electron chi connectivity index (χ1n) is 7.48. The summed E-state index contributed by atoms with van der Waals surface area (Å²) in [4.78, 5) is 12.1. The number of carbonyl (C=O) groups excluding carboxylic acids is 1. The predicted octanol–water partition coefficient (Wildman–Crippen LogP) is 0.114. The summed E-state index contributed by atoms with van der Waals surface area (Å²) in [6, 6.07) is 7.97. The Kier molecular flexibility index (Phi) is 4.38. The summed E-state index contributed by atoms with van der Waals surface area (Å²) < 4.78 is 5.76. The smallest absolute Gasteiger partial charge is 0.240 e. The lowest BCUT2D eigenvalue weighted by Gasteiger charge is -2.18. The van der Waals surface area contributed by atoms with Gasteiger partial charge in [0.15, 0.2) is 0 Å². The van der Waals surface area contributed by atoms with Gasteiger partial charge in [-0.1, -0.05) is 18.2 Å². The van der Waals surface area contributed by atoms with Crippen molar-refractivity contribution in [3.8, 4) is 5.75 Å². The SMILES string of the molecule is CC1NNNC1C(=O)NCC1CCOc2ccccc2C1. The highest BCUT2D eigenvalue weighted by molar-refractivity contribution is 5.82. The van der Waals surface area contributed by atoms with E-state index in [0.29, 0.717) is 19.1 Å². The average Bonchev–Trinajstić information content (AvgIpc) is 2.81. The molecule has 0 saturated carbocycles. The summed E-state index contributed by atoms with van der Waals surface area (Å²) in [5.41, 5.74) is 9.90. The highest BCUT2D eigenvalue weighted by atomic mass is 16.5. The maximum absolute atomic E-state index is 12.1. The minimum Gasteiger partial charge on any atom is -0.493 e. The van der Waals surface area contributed by atoms with Gasteiger partial charge in [0.1, 0.15) is 11.8 Å². The van der Waals surface area contributed by atoms with Crippen LogP contribution in [0.3, 0.4) is 0 Å². The Labute approximate surface area is 124 Å². The first-order chi connectivity index (χ1) is 10.2. The zero-order valence-electron chi connectivity index (χ0n) is 12.2. The van der Waals surface area contributed by atoms with Crippen molar-refractivity contribution >= 4 is 5.91 Å². The number of hydrazine groups is 2. The molecule has 1 saturated heterocycles.